The molecule has 0 fully saturated rings. The van der Waals surface area contributed by atoms with Gasteiger partial charge in [0.1, 0.15) is 0 Å². The Balaban J connectivity index is 1.63. The number of nitrogens with zero attached hydrogens (tertiary/aromatic N) is 3. The van der Waals surface area contributed by atoms with Gasteiger partial charge in [0.15, 0.2) is 4.80 Å². The van der Waals surface area contributed by atoms with Crippen LogP contribution < -0.4 is 4.80 Å². The number of sulfonamides is 1. The Morgan fingerprint density at radius 1 is 1.03 bits per heavy atom. The highest BCUT2D eigenvalue weighted by Crippen LogP contribution is 2.21. The standard InChI is InChI=1S/C28H27N3O3S2/c1-4-18-31-25-17-12-21(5-2)19-26(25)35-28(31)29-27(32)23-13-15-24(16-14-23)36(33,34)30(6-3)20-22-10-8-7-9-11-22/h1,7-17,19H,5-6,18,20H2,2-3H3. The molecular formula is C28H27N3O3S2. The lowest BCUT2D eigenvalue weighted by Gasteiger charge is -2.20. The lowest BCUT2D eigenvalue weighted by molar-refractivity contribution is 0.0998. The van der Waals surface area contributed by atoms with Crippen molar-refractivity contribution in [2.24, 2.45) is 4.99 Å². The van der Waals surface area contributed by atoms with Gasteiger partial charge in [0, 0.05) is 18.7 Å². The second-order valence-electron chi connectivity index (χ2n) is 8.19. The van der Waals surface area contributed by atoms with Crippen LogP contribution in [0, 0.1) is 12.3 Å². The first-order chi connectivity index (χ1) is 17.4. The monoisotopic (exact) mass is 517 g/mol. The van der Waals surface area contributed by atoms with Gasteiger partial charge in [-0.05, 0) is 53.9 Å². The van der Waals surface area contributed by atoms with E-state index in [1.165, 1.54) is 45.5 Å². The summed E-state index contributed by atoms with van der Waals surface area (Å²) in [5, 5.41) is 0. The zero-order chi connectivity index (χ0) is 25.7. The fourth-order valence-electron chi connectivity index (χ4n) is 3.89. The van der Waals surface area contributed by atoms with Gasteiger partial charge in [-0.25, -0.2) is 8.42 Å². The summed E-state index contributed by atoms with van der Waals surface area (Å²) in [6.07, 6.45) is 6.47. The molecule has 1 aromatic heterocycles. The summed E-state index contributed by atoms with van der Waals surface area (Å²) in [6.45, 7) is 4.79. The summed E-state index contributed by atoms with van der Waals surface area (Å²) < 4.78 is 30.7. The van der Waals surface area contributed by atoms with Crippen LogP contribution in [0.15, 0.2) is 82.7 Å². The number of benzene rings is 3. The lowest BCUT2D eigenvalue weighted by Crippen LogP contribution is -2.30. The van der Waals surface area contributed by atoms with Crippen molar-refractivity contribution < 1.29 is 13.2 Å². The van der Waals surface area contributed by atoms with Crippen LogP contribution in [0.25, 0.3) is 10.2 Å². The first-order valence-electron chi connectivity index (χ1n) is 11.7. The summed E-state index contributed by atoms with van der Waals surface area (Å²) >= 11 is 1.41. The van der Waals surface area contributed by atoms with Gasteiger partial charge in [0.25, 0.3) is 5.91 Å². The zero-order valence-electron chi connectivity index (χ0n) is 20.2. The molecule has 6 nitrogen and oxygen atoms in total. The third-order valence-corrected chi connectivity index (χ3v) is 8.87. The second kappa shape index (κ2) is 11.0. The van der Waals surface area contributed by atoms with E-state index in [0.717, 1.165) is 22.2 Å². The van der Waals surface area contributed by atoms with Crippen LogP contribution in [-0.4, -0.2) is 29.7 Å². The highest BCUT2D eigenvalue weighted by molar-refractivity contribution is 7.89. The van der Waals surface area contributed by atoms with E-state index in [1.807, 2.05) is 47.0 Å². The van der Waals surface area contributed by atoms with E-state index in [0.29, 0.717) is 23.5 Å². The fraction of sp³-hybridized carbons (Fsp3) is 0.214. The first-order valence-corrected chi connectivity index (χ1v) is 13.9. The molecular weight excluding hydrogens is 490 g/mol. The minimum absolute atomic E-state index is 0.133. The smallest absolute Gasteiger partial charge is 0.279 e. The maximum Gasteiger partial charge on any atom is 0.279 e. The van der Waals surface area contributed by atoms with Gasteiger partial charge >= 0.3 is 0 Å². The predicted molar refractivity (Wildman–Crippen MR) is 144 cm³/mol. The number of fused-ring (bicyclic) bond motifs is 1. The summed E-state index contributed by atoms with van der Waals surface area (Å²) in [6, 6.07) is 21.5. The van der Waals surface area contributed by atoms with E-state index in [-0.39, 0.29) is 11.4 Å². The quantitative estimate of drug-likeness (QED) is 0.314. The van der Waals surface area contributed by atoms with Gasteiger partial charge in [-0.3, -0.25) is 4.79 Å². The van der Waals surface area contributed by atoms with E-state index in [9.17, 15) is 13.2 Å². The Kier molecular flexibility index (Phi) is 7.85. The Hall–Kier alpha value is -3.51. The number of hydrogen-bond acceptors (Lipinski definition) is 4. The normalized spacial score (nSPS) is 12.2. The van der Waals surface area contributed by atoms with E-state index in [1.54, 1.807) is 6.92 Å². The summed E-state index contributed by atoms with van der Waals surface area (Å²) in [5.41, 5.74) is 3.34. The molecule has 0 aliphatic heterocycles. The number of carbonyl (C=O) groups is 1. The molecule has 0 aliphatic rings. The maximum absolute atomic E-state index is 13.2. The molecule has 4 rings (SSSR count). The van der Waals surface area contributed by atoms with Crippen molar-refractivity contribution in [3.63, 3.8) is 0 Å². The van der Waals surface area contributed by atoms with Gasteiger partial charge in [0.2, 0.25) is 10.0 Å². The van der Waals surface area contributed by atoms with Crippen LogP contribution in [0.3, 0.4) is 0 Å². The number of aromatic nitrogens is 1. The minimum Gasteiger partial charge on any atom is -0.305 e. The Morgan fingerprint density at radius 3 is 2.39 bits per heavy atom. The average molecular weight is 518 g/mol. The van der Waals surface area contributed by atoms with Crippen molar-refractivity contribution in [2.75, 3.05) is 6.54 Å². The van der Waals surface area contributed by atoms with Crippen LogP contribution >= 0.6 is 11.3 Å². The zero-order valence-corrected chi connectivity index (χ0v) is 21.8. The van der Waals surface area contributed by atoms with Crippen molar-refractivity contribution in [3.8, 4) is 12.3 Å². The molecule has 0 bridgehead atoms. The molecule has 0 atom stereocenters. The van der Waals surface area contributed by atoms with Crippen molar-refractivity contribution in [3.05, 3.63) is 94.3 Å². The molecule has 184 valence electrons. The number of hydrogen-bond donors (Lipinski definition) is 0. The highest BCUT2D eigenvalue weighted by atomic mass is 32.2. The molecule has 1 amide bonds. The second-order valence-corrected chi connectivity index (χ2v) is 11.1. The van der Waals surface area contributed by atoms with Crippen LogP contribution in [0.1, 0.15) is 35.3 Å². The molecule has 0 unspecified atom stereocenters. The Morgan fingerprint density at radius 2 is 1.75 bits per heavy atom. The summed E-state index contributed by atoms with van der Waals surface area (Å²) in [7, 11) is -3.72. The minimum atomic E-state index is -3.72. The molecule has 8 heteroatoms. The molecule has 3 aromatic carbocycles. The maximum atomic E-state index is 13.2. The van der Waals surface area contributed by atoms with E-state index in [2.05, 4.69) is 23.9 Å². The molecule has 36 heavy (non-hydrogen) atoms. The van der Waals surface area contributed by atoms with Gasteiger partial charge in [-0.1, -0.05) is 67.5 Å². The number of aryl methyl sites for hydroxylation is 1. The Bertz CT molecular complexity index is 1590. The first kappa shape index (κ1) is 25.6. The molecule has 0 aliphatic carbocycles. The fourth-order valence-corrected chi connectivity index (χ4v) is 6.42. The SMILES string of the molecule is C#CCn1c(=NC(=O)c2ccc(S(=O)(=O)N(CC)Cc3ccccc3)cc2)sc2cc(CC)ccc21. The highest BCUT2D eigenvalue weighted by Gasteiger charge is 2.23. The van der Waals surface area contributed by atoms with Gasteiger partial charge in [0.05, 0.1) is 21.7 Å². The number of thiazole rings is 1. The molecule has 4 aromatic rings. The third-order valence-electron chi connectivity index (χ3n) is 5.90. The van der Waals surface area contributed by atoms with Crippen LogP contribution in [0.4, 0.5) is 0 Å². The Labute approximate surface area is 215 Å². The van der Waals surface area contributed by atoms with Crippen LogP contribution in [-0.2, 0) is 29.5 Å². The van der Waals surface area contributed by atoms with Gasteiger partial charge in [-0.2, -0.15) is 9.30 Å². The summed E-state index contributed by atoms with van der Waals surface area (Å²) in [4.78, 5) is 17.9. The van der Waals surface area contributed by atoms with E-state index >= 15 is 0 Å². The van der Waals surface area contributed by atoms with Crippen molar-refractivity contribution in [1.82, 2.24) is 8.87 Å². The lowest BCUT2D eigenvalue weighted by atomic mass is 10.2. The molecule has 0 saturated heterocycles. The van der Waals surface area contributed by atoms with Crippen LogP contribution in [0.2, 0.25) is 0 Å². The number of carbonyl (C=O) groups excluding carboxylic acids is 1. The van der Waals surface area contributed by atoms with Gasteiger partial charge < -0.3 is 4.57 Å². The van der Waals surface area contributed by atoms with E-state index in [4.69, 9.17) is 6.42 Å². The van der Waals surface area contributed by atoms with Gasteiger partial charge in [-0.15, -0.1) is 6.42 Å². The third kappa shape index (κ3) is 5.34. The van der Waals surface area contributed by atoms with E-state index < -0.39 is 15.9 Å². The predicted octanol–water partition coefficient (Wildman–Crippen LogP) is 4.85. The molecule has 0 N–H and O–H groups in total. The van der Waals surface area contributed by atoms with Crippen molar-refractivity contribution in [1.29, 1.82) is 0 Å². The average Bonchev–Trinajstić information content (AvgIpc) is 3.23. The molecule has 0 saturated carbocycles. The van der Waals surface area contributed by atoms with Crippen LogP contribution in [0.5, 0.6) is 0 Å². The van der Waals surface area contributed by atoms with Crippen molar-refractivity contribution in [2.45, 2.75) is 38.3 Å². The number of amides is 1. The topological polar surface area (TPSA) is 71.7 Å². The largest absolute Gasteiger partial charge is 0.305 e. The molecule has 0 spiro atoms. The summed E-state index contributed by atoms with van der Waals surface area (Å²) in [5.74, 6) is 2.17. The molecule has 0 radical (unpaired) electrons. The van der Waals surface area contributed by atoms with Crippen molar-refractivity contribution >= 4 is 37.5 Å². The molecule has 1 heterocycles. The number of terminal acetylenes is 1. The number of rotatable bonds is 8.